The molecule has 0 unspecified atom stereocenters. The summed E-state index contributed by atoms with van der Waals surface area (Å²) in [4.78, 5) is 24.5. The number of amides is 1. The predicted octanol–water partition coefficient (Wildman–Crippen LogP) is 5.37. The van der Waals surface area contributed by atoms with Gasteiger partial charge in [-0.2, -0.15) is 5.10 Å². The Bertz CT molecular complexity index is 1450. The molecule has 4 rings (SSSR count). The number of nitrogens with one attached hydrogen (secondary N) is 1. The zero-order valence-corrected chi connectivity index (χ0v) is 21.7. The lowest BCUT2D eigenvalue weighted by atomic mass is 10.1. The van der Waals surface area contributed by atoms with Gasteiger partial charge in [0, 0.05) is 4.47 Å². The molecular formula is C28H23BrN2O6. The maximum absolute atomic E-state index is 12.4. The molecule has 0 radical (unpaired) electrons. The Hall–Kier alpha value is -4.37. The molecule has 1 amide bonds. The monoisotopic (exact) mass is 562 g/mol. The minimum Gasteiger partial charge on any atom is -0.493 e. The van der Waals surface area contributed by atoms with Crippen LogP contribution in [0.15, 0.2) is 88.4 Å². The van der Waals surface area contributed by atoms with Crippen LogP contribution in [-0.2, 0) is 4.79 Å². The average Bonchev–Trinajstić information content (AvgIpc) is 2.92. The number of carbonyl (C=O) groups excluding carboxylic acids is 2. The van der Waals surface area contributed by atoms with Crippen LogP contribution in [0.1, 0.15) is 15.9 Å². The highest BCUT2D eigenvalue weighted by Gasteiger charge is 2.13. The molecule has 0 aliphatic heterocycles. The van der Waals surface area contributed by atoms with E-state index in [1.807, 2.05) is 36.4 Å². The summed E-state index contributed by atoms with van der Waals surface area (Å²) in [6.07, 6.45) is 1.48. The molecule has 1 N–H and O–H groups in total. The van der Waals surface area contributed by atoms with Crippen molar-refractivity contribution in [1.29, 1.82) is 0 Å². The fourth-order valence-electron chi connectivity index (χ4n) is 3.40. The third kappa shape index (κ3) is 6.86. The van der Waals surface area contributed by atoms with Crippen molar-refractivity contribution in [1.82, 2.24) is 5.43 Å². The second-order valence-electron chi connectivity index (χ2n) is 7.76. The first kappa shape index (κ1) is 25.7. The second kappa shape index (κ2) is 12.0. The first-order chi connectivity index (χ1) is 17.9. The molecule has 0 bridgehead atoms. The van der Waals surface area contributed by atoms with Crippen LogP contribution in [0.2, 0.25) is 0 Å². The number of benzene rings is 4. The number of hydrogen-bond donors (Lipinski definition) is 1. The number of hydrogen-bond acceptors (Lipinski definition) is 7. The molecule has 37 heavy (non-hydrogen) atoms. The van der Waals surface area contributed by atoms with Gasteiger partial charge in [-0.15, -0.1) is 0 Å². The molecule has 188 valence electrons. The molecule has 4 aromatic rings. The van der Waals surface area contributed by atoms with Crippen LogP contribution >= 0.6 is 15.9 Å². The summed E-state index contributed by atoms with van der Waals surface area (Å²) in [7, 11) is 3.01. The molecule has 0 heterocycles. The third-order valence-electron chi connectivity index (χ3n) is 5.26. The molecule has 0 spiro atoms. The van der Waals surface area contributed by atoms with E-state index in [9.17, 15) is 9.59 Å². The molecule has 0 aliphatic carbocycles. The van der Waals surface area contributed by atoms with Crippen LogP contribution in [0, 0.1) is 0 Å². The summed E-state index contributed by atoms with van der Waals surface area (Å²) in [5, 5.41) is 6.02. The van der Waals surface area contributed by atoms with Crippen LogP contribution in [0.3, 0.4) is 0 Å². The van der Waals surface area contributed by atoms with Crippen molar-refractivity contribution in [3.8, 4) is 23.0 Å². The van der Waals surface area contributed by atoms with Gasteiger partial charge < -0.3 is 18.9 Å². The Kier molecular flexibility index (Phi) is 8.37. The van der Waals surface area contributed by atoms with Crippen molar-refractivity contribution in [2.75, 3.05) is 20.8 Å². The highest BCUT2D eigenvalue weighted by molar-refractivity contribution is 9.10. The van der Waals surface area contributed by atoms with E-state index in [0.717, 1.165) is 15.2 Å². The molecule has 9 heteroatoms. The Morgan fingerprint density at radius 3 is 2.30 bits per heavy atom. The Labute approximate surface area is 221 Å². The molecule has 4 aromatic carbocycles. The summed E-state index contributed by atoms with van der Waals surface area (Å²) in [5.41, 5.74) is 3.45. The number of methoxy groups -OCH3 is 2. The second-order valence-corrected chi connectivity index (χ2v) is 8.68. The topological polar surface area (TPSA) is 95.5 Å². The van der Waals surface area contributed by atoms with Crippen LogP contribution in [0.4, 0.5) is 0 Å². The van der Waals surface area contributed by atoms with Gasteiger partial charge in [0.1, 0.15) is 11.5 Å². The van der Waals surface area contributed by atoms with Crippen molar-refractivity contribution >= 4 is 44.8 Å². The number of fused-ring (bicyclic) bond motifs is 1. The van der Waals surface area contributed by atoms with Gasteiger partial charge in [-0.05, 0) is 83.1 Å². The third-order valence-corrected chi connectivity index (χ3v) is 5.75. The molecule has 0 aliphatic rings. The van der Waals surface area contributed by atoms with Gasteiger partial charge in [0.25, 0.3) is 5.91 Å². The minimum absolute atomic E-state index is 0.176. The van der Waals surface area contributed by atoms with Crippen LogP contribution in [0.25, 0.3) is 10.8 Å². The van der Waals surface area contributed by atoms with Crippen molar-refractivity contribution in [2.24, 2.45) is 5.10 Å². The normalized spacial score (nSPS) is 10.8. The van der Waals surface area contributed by atoms with E-state index in [2.05, 4.69) is 26.5 Å². The Morgan fingerprint density at radius 1 is 0.838 bits per heavy atom. The van der Waals surface area contributed by atoms with Gasteiger partial charge >= 0.3 is 5.97 Å². The molecule has 0 atom stereocenters. The molecule has 0 saturated carbocycles. The number of ether oxygens (including phenoxy) is 4. The highest BCUT2D eigenvalue weighted by Crippen LogP contribution is 2.28. The molecule has 0 fully saturated rings. The quantitative estimate of drug-likeness (QED) is 0.127. The SMILES string of the molecule is COc1ccc(C(=O)Oc2ccc(/C=N\NC(=O)COc3ccc4cc(Br)ccc4c3)cc2)cc1OC. The Balaban J connectivity index is 1.26. The largest absolute Gasteiger partial charge is 0.493 e. The van der Waals surface area contributed by atoms with Crippen LogP contribution in [0.5, 0.6) is 23.0 Å². The zero-order valence-electron chi connectivity index (χ0n) is 20.1. The minimum atomic E-state index is -0.533. The predicted molar refractivity (Wildman–Crippen MR) is 144 cm³/mol. The maximum atomic E-state index is 12.4. The van der Waals surface area contributed by atoms with Crippen LogP contribution < -0.4 is 24.4 Å². The fraction of sp³-hybridized carbons (Fsp3) is 0.107. The summed E-state index contributed by atoms with van der Waals surface area (Å²) in [6.45, 7) is -0.176. The number of esters is 1. The first-order valence-corrected chi connectivity index (χ1v) is 11.9. The van der Waals surface area contributed by atoms with Gasteiger partial charge in [0.05, 0.1) is 26.0 Å². The van der Waals surface area contributed by atoms with E-state index < -0.39 is 11.9 Å². The zero-order chi connectivity index (χ0) is 26.2. The van der Waals surface area contributed by atoms with E-state index in [0.29, 0.717) is 34.1 Å². The van der Waals surface area contributed by atoms with Crippen molar-refractivity contribution in [3.05, 3.63) is 94.5 Å². The molecule has 0 aromatic heterocycles. The summed E-state index contributed by atoms with van der Waals surface area (Å²) < 4.78 is 22.4. The molecular weight excluding hydrogens is 540 g/mol. The lowest BCUT2D eigenvalue weighted by molar-refractivity contribution is -0.123. The molecule has 0 saturated heterocycles. The van der Waals surface area contributed by atoms with Gasteiger partial charge in [-0.1, -0.05) is 28.1 Å². The van der Waals surface area contributed by atoms with E-state index in [1.165, 1.54) is 20.4 Å². The standard InChI is InChI=1S/C28H23BrN2O6/c1-34-25-12-7-21(15-26(25)35-2)28(33)37-23-9-3-18(4-10-23)16-30-31-27(32)17-36-24-11-6-19-13-22(29)8-5-20(19)14-24/h3-16H,17H2,1-2H3,(H,31,32)/b30-16-. The fourth-order valence-corrected chi connectivity index (χ4v) is 3.77. The Morgan fingerprint density at radius 2 is 1.54 bits per heavy atom. The number of hydrazone groups is 1. The maximum Gasteiger partial charge on any atom is 0.343 e. The summed E-state index contributed by atoms with van der Waals surface area (Å²) in [6, 6.07) is 23.0. The van der Waals surface area contributed by atoms with Crippen molar-refractivity contribution < 1.29 is 28.5 Å². The smallest absolute Gasteiger partial charge is 0.343 e. The van der Waals surface area contributed by atoms with Crippen molar-refractivity contribution in [3.63, 3.8) is 0 Å². The van der Waals surface area contributed by atoms with Gasteiger partial charge in [-0.25, -0.2) is 10.2 Å². The van der Waals surface area contributed by atoms with E-state index in [1.54, 1.807) is 42.5 Å². The lowest BCUT2D eigenvalue weighted by Gasteiger charge is -2.09. The van der Waals surface area contributed by atoms with E-state index in [4.69, 9.17) is 18.9 Å². The number of carbonyl (C=O) groups is 2. The summed E-state index contributed by atoms with van der Waals surface area (Å²) in [5.74, 6) is 0.969. The number of rotatable bonds is 9. The van der Waals surface area contributed by atoms with Gasteiger partial charge in [-0.3, -0.25) is 4.79 Å². The average molecular weight is 563 g/mol. The first-order valence-electron chi connectivity index (χ1n) is 11.1. The number of nitrogens with zero attached hydrogens (tertiary/aromatic N) is 1. The van der Waals surface area contributed by atoms with E-state index in [-0.39, 0.29) is 6.61 Å². The molecule has 8 nitrogen and oxygen atoms in total. The van der Waals surface area contributed by atoms with E-state index >= 15 is 0 Å². The van der Waals surface area contributed by atoms with Crippen LogP contribution in [-0.4, -0.2) is 38.9 Å². The van der Waals surface area contributed by atoms with Crippen molar-refractivity contribution in [2.45, 2.75) is 0 Å². The number of halogens is 1. The van der Waals surface area contributed by atoms with Gasteiger partial charge in [0.15, 0.2) is 18.1 Å². The lowest BCUT2D eigenvalue weighted by Crippen LogP contribution is -2.24. The highest BCUT2D eigenvalue weighted by atomic mass is 79.9. The summed E-state index contributed by atoms with van der Waals surface area (Å²) >= 11 is 3.45. The van der Waals surface area contributed by atoms with Gasteiger partial charge in [0.2, 0.25) is 0 Å².